The number of hydrogen-bond acceptors (Lipinski definition) is 4. The molecular weight excluding hydrogens is 278 g/mol. The van der Waals surface area contributed by atoms with Crippen LogP contribution in [0.15, 0.2) is 29.2 Å². The Morgan fingerprint density at radius 3 is 2.20 bits per heavy atom. The van der Waals surface area contributed by atoms with Crippen LogP contribution < -0.4 is 16.2 Å². The van der Waals surface area contributed by atoms with Gasteiger partial charge in [-0.25, -0.2) is 13.6 Å². The van der Waals surface area contributed by atoms with Crippen LogP contribution in [0.25, 0.3) is 0 Å². The minimum Gasteiger partial charge on any atom is -0.369 e. The maximum atomic E-state index is 11.2. The minimum absolute atomic E-state index is 0.0387. The van der Waals surface area contributed by atoms with E-state index >= 15 is 0 Å². The molecule has 1 aromatic carbocycles. The molecule has 0 aliphatic carbocycles. The van der Waals surface area contributed by atoms with Crippen molar-refractivity contribution in [1.82, 2.24) is 5.32 Å². The summed E-state index contributed by atoms with van der Waals surface area (Å²) in [5.41, 5.74) is 5.56. The molecule has 112 valence electrons. The summed E-state index contributed by atoms with van der Waals surface area (Å²) >= 11 is 0. The van der Waals surface area contributed by atoms with E-state index in [9.17, 15) is 13.2 Å². The summed E-state index contributed by atoms with van der Waals surface area (Å²) < 4.78 is 22.3. The molecule has 0 saturated heterocycles. The van der Waals surface area contributed by atoms with Gasteiger partial charge in [0.15, 0.2) is 0 Å². The van der Waals surface area contributed by atoms with E-state index in [1.807, 2.05) is 6.92 Å². The van der Waals surface area contributed by atoms with E-state index in [-0.39, 0.29) is 16.8 Å². The van der Waals surface area contributed by atoms with E-state index in [1.54, 1.807) is 26.0 Å². The Bertz CT molecular complexity index is 579. The maximum Gasteiger partial charge on any atom is 0.238 e. The molecule has 1 rings (SSSR count). The number of carbonyl (C=O) groups excluding carboxylic acids is 1. The number of nitrogens with one attached hydrogen (secondary N) is 1. The number of amides is 1. The Balaban J connectivity index is 2.74. The van der Waals surface area contributed by atoms with Crippen molar-refractivity contribution in [3.05, 3.63) is 29.8 Å². The van der Waals surface area contributed by atoms with Gasteiger partial charge in [-0.05, 0) is 38.5 Å². The molecule has 0 bridgehead atoms. The first-order valence-corrected chi connectivity index (χ1v) is 7.75. The standard InChI is InChI=1S/C13H21N3O3S/c1-9(16-8-13(2,3)12(14)17)10-4-6-11(7-5-10)20(15,18)19/h4-7,9,16H,8H2,1-3H3,(H2,14,17)(H2,15,18,19). The number of rotatable bonds is 6. The number of primary sulfonamides is 1. The van der Waals surface area contributed by atoms with Crippen LogP contribution >= 0.6 is 0 Å². The first kappa shape index (κ1) is 16.6. The summed E-state index contributed by atoms with van der Waals surface area (Å²) in [6.07, 6.45) is 0. The zero-order valence-corrected chi connectivity index (χ0v) is 12.7. The molecule has 0 aliphatic rings. The topological polar surface area (TPSA) is 115 Å². The summed E-state index contributed by atoms with van der Waals surface area (Å²) in [6.45, 7) is 5.88. The van der Waals surface area contributed by atoms with Gasteiger partial charge in [-0.1, -0.05) is 12.1 Å². The van der Waals surface area contributed by atoms with Crippen LogP contribution in [0.5, 0.6) is 0 Å². The lowest BCUT2D eigenvalue weighted by molar-refractivity contribution is -0.125. The first-order valence-electron chi connectivity index (χ1n) is 6.20. The highest BCUT2D eigenvalue weighted by molar-refractivity contribution is 7.89. The highest BCUT2D eigenvalue weighted by atomic mass is 32.2. The molecule has 0 fully saturated rings. The Morgan fingerprint density at radius 2 is 1.80 bits per heavy atom. The number of benzene rings is 1. The van der Waals surface area contributed by atoms with E-state index in [0.29, 0.717) is 6.54 Å². The molecule has 0 spiro atoms. The second-order valence-corrected chi connectivity index (χ2v) is 7.03. The van der Waals surface area contributed by atoms with Gasteiger partial charge in [0.2, 0.25) is 15.9 Å². The van der Waals surface area contributed by atoms with Crippen molar-refractivity contribution in [2.45, 2.75) is 31.7 Å². The van der Waals surface area contributed by atoms with Crippen LogP contribution in [-0.2, 0) is 14.8 Å². The van der Waals surface area contributed by atoms with Crippen molar-refractivity contribution in [3.63, 3.8) is 0 Å². The van der Waals surface area contributed by atoms with Crippen molar-refractivity contribution in [2.75, 3.05) is 6.54 Å². The van der Waals surface area contributed by atoms with Gasteiger partial charge in [0.05, 0.1) is 10.3 Å². The molecule has 0 radical (unpaired) electrons. The maximum absolute atomic E-state index is 11.2. The van der Waals surface area contributed by atoms with Gasteiger partial charge in [-0.3, -0.25) is 4.79 Å². The molecule has 0 aliphatic heterocycles. The lowest BCUT2D eigenvalue weighted by Crippen LogP contribution is -2.41. The molecule has 1 unspecified atom stereocenters. The number of hydrogen-bond donors (Lipinski definition) is 3. The van der Waals surface area contributed by atoms with Crippen LogP contribution in [0.2, 0.25) is 0 Å². The van der Waals surface area contributed by atoms with Crippen LogP contribution in [0.3, 0.4) is 0 Å². The molecule has 0 heterocycles. The van der Waals surface area contributed by atoms with Gasteiger partial charge in [0.25, 0.3) is 0 Å². The second kappa shape index (κ2) is 5.90. The second-order valence-electron chi connectivity index (χ2n) is 5.46. The molecule has 0 saturated carbocycles. The van der Waals surface area contributed by atoms with Gasteiger partial charge in [0.1, 0.15) is 0 Å². The summed E-state index contributed by atoms with van der Waals surface area (Å²) in [6, 6.07) is 6.26. The van der Waals surface area contributed by atoms with Crippen molar-refractivity contribution in [2.24, 2.45) is 16.3 Å². The molecular formula is C13H21N3O3S. The zero-order chi connectivity index (χ0) is 15.6. The molecule has 1 amide bonds. The third-order valence-electron chi connectivity index (χ3n) is 3.23. The highest BCUT2D eigenvalue weighted by Gasteiger charge is 2.25. The van der Waals surface area contributed by atoms with Crippen LogP contribution in [0.4, 0.5) is 0 Å². The van der Waals surface area contributed by atoms with Crippen molar-refractivity contribution in [3.8, 4) is 0 Å². The summed E-state index contributed by atoms with van der Waals surface area (Å²) in [5.74, 6) is -0.373. The average molecular weight is 299 g/mol. The number of nitrogens with two attached hydrogens (primary N) is 2. The summed E-state index contributed by atoms with van der Waals surface area (Å²) in [4.78, 5) is 11.3. The Kier molecular flexibility index (Phi) is 4.90. The fraction of sp³-hybridized carbons (Fsp3) is 0.462. The van der Waals surface area contributed by atoms with E-state index in [1.165, 1.54) is 12.1 Å². The largest absolute Gasteiger partial charge is 0.369 e. The molecule has 1 atom stereocenters. The average Bonchev–Trinajstić information content (AvgIpc) is 2.35. The Labute approximate surface area is 119 Å². The first-order chi connectivity index (χ1) is 9.04. The number of primary amides is 1. The Morgan fingerprint density at radius 1 is 1.30 bits per heavy atom. The SMILES string of the molecule is CC(NCC(C)(C)C(N)=O)c1ccc(S(N)(=O)=O)cc1. The quantitative estimate of drug-likeness (QED) is 0.709. The van der Waals surface area contributed by atoms with Crippen LogP contribution in [0, 0.1) is 5.41 Å². The summed E-state index contributed by atoms with van der Waals surface area (Å²) in [7, 11) is -3.67. The van der Waals surface area contributed by atoms with Gasteiger partial charge in [0, 0.05) is 12.6 Å². The smallest absolute Gasteiger partial charge is 0.238 e. The molecule has 1 aromatic rings. The number of carbonyl (C=O) groups is 1. The molecule has 5 N–H and O–H groups in total. The van der Waals surface area contributed by atoms with E-state index < -0.39 is 15.4 Å². The minimum atomic E-state index is -3.67. The molecule has 20 heavy (non-hydrogen) atoms. The summed E-state index contributed by atoms with van der Waals surface area (Å²) in [5, 5.41) is 8.23. The van der Waals surface area contributed by atoms with Crippen LogP contribution in [-0.4, -0.2) is 20.9 Å². The third-order valence-corrected chi connectivity index (χ3v) is 4.16. The predicted molar refractivity (Wildman–Crippen MR) is 77.2 cm³/mol. The van der Waals surface area contributed by atoms with Crippen molar-refractivity contribution >= 4 is 15.9 Å². The van der Waals surface area contributed by atoms with Crippen molar-refractivity contribution < 1.29 is 13.2 Å². The fourth-order valence-corrected chi connectivity index (χ4v) is 2.07. The molecule has 6 nitrogen and oxygen atoms in total. The number of sulfonamides is 1. The molecule has 7 heteroatoms. The normalized spacial score (nSPS) is 14.0. The zero-order valence-electron chi connectivity index (χ0n) is 11.9. The highest BCUT2D eigenvalue weighted by Crippen LogP contribution is 2.18. The van der Waals surface area contributed by atoms with E-state index in [2.05, 4.69) is 5.32 Å². The van der Waals surface area contributed by atoms with Gasteiger partial charge in [-0.2, -0.15) is 0 Å². The van der Waals surface area contributed by atoms with E-state index in [4.69, 9.17) is 10.9 Å². The van der Waals surface area contributed by atoms with Crippen LogP contribution in [0.1, 0.15) is 32.4 Å². The van der Waals surface area contributed by atoms with Gasteiger partial charge in [-0.15, -0.1) is 0 Å². The fourth-order valence-electron chi connectivity index (χ4n) is 1.56. The lowest BCUT2D eigenvalue weighted by atomic mass is 9.92. The predicted octanol–water partition coefficient (Wildman–Crippen LogP) is 0.496. The Hall–Kier alpha value is -1.44. The van der Waals surface area contributed by atoms with Gasteiger partial charge < -0.3 is 11.1 Å². The van der Waals surface area contributed by atoms with Gasteiger partial charge >= 0.3 is 0 Å². The third kappa shape index (κ3) is 4.29. The lowest BCUT2D eigenvalue weighted by Gasteiger charge is -2.24. The van der Waals surface area contributed by atoms with E-state index in [0.717, 1.165) is 5.56 Å². The monoisotopic (exact) mass is 299 g/mol. The van der Waals surface area contributed by atoms with Crippen molar-refractivity contribution in [1.29, 1.82) is 0 Å². The molecule has 0 aromatic heterocycles.